The molecule has 0 saturated carbocycles. The predicted molar refractivity (Wildman–Crippen MR) is 91.8 cm³/mol. The van der Waals surface area contributed by atoms with Gasteiger partial charge in [0.15, 0.2) is 0 Å². The van der Waals surface area contributed by atoms with Gasteiger partial charge >= 0.3 is 6.03 Å². The van der Waals surface area contributed by atoms with Gasteiger partial charge in [-0.2, -0.15) is 0 Å². The smallest absolute Gasteiger partial charge is 0.307 e. The van der Waals surface area contributed by atoms with E-state index in [-0.39, 0.29) is 5.91 Å². The fraction of sp³-hybridized carbons (Fsp3) is 0.294. The van der Waals surface area contributed by atoms with E-state index in [1.807, 2.05) is 37.3 Å². The highest BCUT2D eigenvalue weighted by Gasteiger charge is 2.17. The molecule has 6 heteroatoms. The highest BCUT2D eigenvalue weighted by molar-refractivity contribution is 7.14. The summed E-state index contributed by atoms with van der Waals surface area (Å²) in [5.74, 6) is -0.275. The fourth-order valence-corrected chi connectivity index (χ4v) is 3.73. The molecule has 3 amide bonds. The first-order valence-electron chi connectivity index (χ1n) is 7.67. The Kier molecular flexibility index (Phi) is 4.62. The number of hydrogen-bond acceptors (Lipinski definition) is 3. The molecular weight excluding hydrogens is 310 g/mol. The van der Waals surface area contributed by atoms with Gasteiger partial charge in [-0.25, -0.2) is 10.2 Å². The van der Waals surface area contributed by atoms with Crippen LogP contribution in [0.4, 0.5) is 10.5 Å². The third-order valence-electron chi connectivity index (χ3n) is 3.82. The van der Waals surface area contributed by atoms with Crippen LogP contribution in [0.1, 0.15) is 38.5 Å². The lowest BCUT2D eigenvalue weighted by Gasteiger charge is -2.08. The lowest BCUT2D eigenvalue weighted by atomic mass is 9.99. The summed E-state index contributed by atoms with van der Waals surface area (Å²) in [4.78, 5) is 25.9. The van der Waals surface area contributed by atoms with Crippen LogP contribution in [0.15, 0.2) is 30.3 Å². The van der Waals surface area contributed by atoms with Crippen LogP contribution in [0.3, 0.4) is 0 Å². The van der Waals surface area contributed by atoms with Gasteiger partial charge in [0.2, 0.25) is 0 Å². The number of rotatable bonds is 2. The van der Waals surface area contributed by atoms with Gasteiger partial charge in [0.05, 0.1) is 4.88 Å². The first kappa shape index (κ1) is 15.6. The van der Waals surface area contributed by atoms with Crippen LogP contribution in [0.5, 0.6) is 0 Å². The third kappa shape index (κ3) is 3.90. The summed E-state index contributed by atoms with van der Waals surface area (Å²) >= 11 is 1.52. The van der Waals surface area contributed by atoms with Gasteiger partial charge in [0.1, 0.15) is 0 Å². The summed E-state index contributed by atoms with van der Waals surface area (Å²) in [5, 5.41) is 2.66. The fourth-order valence-electron chi connectivity index (χ4n) is 2.58. The number of benzene rings is 1. The minimum atomic E-state index is -0.469. The highest BCUT2D eigenvalue weighted by Crippen LogP contribution is 2.29. The van der Waals surface area contributed by atoms with Gasteiger partial charge in [-0.1, -0.05) is 17.7 Å². The molecule has 0 aliphatic heterocycles. The van der Waals surface area contributed by atoms with E-state index in [4.69, 9.17) is 0 Å². The monoisotopic (exact) mass is 329 g/mol. The molecule has 0 bridgehead atoms. The van der Waals surface area contributed by atoms with E-state index >= 15 is 0 Å². The van der Waals surface area contributed by atoms with E-state index in [1.165, 1.54) is 34.6 Å². The Labute approximate surface area is 139 Å². The Morgan fingerprint density at radius 3 is 2.52 bits per heavy atom. The van der Waals surface area contributed by atoms with E-state index in [9.17, 15) is 9.59 Å². The molecule has 1 aromatic carbocycles. The maximum absolute atomic E-state index is 12.1. The van der Waals surface area contributed by atoms with Gasteiger partial charge < -0.3 is 5.32 Å². The quantitative estimate of drug-likeness (QED) is 0.739. The Bertz CT molecular complexity index is 698. The number of fused-ring (bicyclic) bond motifs is 1. The number of aryl methyl sites for hydroxylation is 3. The predicted octanol–water partition coefficient (Wildman–Crippen LogP) is 3.40. The van der Waals surface area contributed by atoms with E-state index in [1.54, 1.807) is 0 Å². The van der Waals surface area contributed by atoms with Crippen molar-refractivity contribution in [3.63, 3.8) is 0 Å². The van der Waals surface area contributed by atoms with Crippen molar-refractivity contribution in [2.24, 2.45) is 0 Å². The Hall–Kier alpha value is -2.34. The lowest BCUT2D eigenvalue weighted by Crippen LogP contribution is -2.43. The molecule has 0 atom stereocenters. The second kappa shape index (κ2) is 6.83. The zero-order valence-electron chi connectivity index (χ0n) is 12.9. The van der Waals surface area contributed by atoms with Crippen LogP contribution < -0.4 is 16.2 Å². The number of carbonyl (C=O) groups excluding carboxylic acids is 2. The first-order chi connectivity index (χ1) is 11.1. The Morgan fingerprint density at radius 1 is 1.04 bits per heavy atom. The number of thiophene rings is 1. The molecule has 5 nitrogen and oxygen atoms in total. The van der Waals surface area contributed by atoms with Gasteiger partial charge in [-0.15, -0.1) is 11.3 Å². The van der Waals surface area contributed by atoms with Crippen LogP contribution in [0.25, 0.3) is 0 Å². The molecule has 0 fully saturated rings. The Balaban J connectivity index is 1.53. The van der Waals surface area contributed by atoms with Crippen molar-refractivity contribution < 1.29 is 9.59 Å². The molecule has 120 valence electrons. The largest absolute Gasteiger partial charge is 0.337 e. The summed E-state index contributed by atoms with van der Waals surface area (Å²) < 4.78 is 0. The zero-order valence-corrected chi connectivity index (χ0v) is 13.8. The second-order valence-electron chi connectivity index (χ2n) is 5.67. The van der Waals surface area contributed by atoms with Crippen LogP contribution in [-0.2, 0) is 12.8 Å². The van der Waals surface area contributed by atoms with Gasteiger partial charge in [0, 0.05) is 10.6 Å². The van der Waals surface area contributed by atoms with Crippen LogP contribution >= 0.6 is 11.3 Å². The number of carbonyl (C=O) groups is 2. The summed E-state index contributed by atoms with van der Waals surface area (Å²) in [7, 11) is 0. The molecule has 2 aromatic rings. The van der Waals surface area contributed by atoms with E-state index in [2.05, 4.69) is 16.2 Å². The van der Waals surface area contributed by atoms with E-state index < -0.39 is 6.03 Å². The van der Waals surface area contributed by atoms with Crippen molar-refractivity contribution in [2.45, 2.75) is 32.6 Å². The van der Waals surface area contributed by atoms with E-state index in [0.29, 0.717) is 10.6 Å². The average Bonchev–Trinajstić information content (AvgIpc) is 2.99. The highest BCUT2D eigenvalue weighted by atomic mass is 32.1. The minimum Gasteiger partial charge on any atom is -0.307 e. The molecule has 23 heavy (non-hydrogen) atoms. The molecule has 1 aliphatic rings. The summed E-state index contributed by atoms with van der Waals surface area (Å²) in [5.41, 5.74) is 7.90. The average molecular weight is 329 g/mol. The molecule has 0 spiro atoms. The standard InChI is InChI=1S/C17H19N3O2S/c1-11-6-8-13(9-7-11)18-17(22)20-19-16(21)15-10-12-4-2-3-5-14(12)23-15/h6-10H,2-5H2,1H3,(H,19,21)(H2,18,20,22). The number of hydrogen-bond donors (Lipinski definition) is 3. The van der Waals surface area contributed by atoms with Crippen molar-refractivity contribution >= 4 is 29.0 Å². The topological polar surface area (TPSA) is 70.2 Å². The molecule has 0 radical (unpaired) electrons. The first-order valence-corrected chi connectivity index (χ1v) is 8.49. The second-order valence-corrected chi connectivity index (χ2v) is 6.80. The molecule has 1 aromatic heterocycles. The Morgan fingerprint density at radius 2 is 1.78 bits per heavy atom. The number of anilines is 1. The molecule has 3 N–H and O–H groups in total. The molecular formula is C17H19N3O2S. The van der Waals surface area contributed by atoms with Crippen molar-refractivity contribution in [3.05, 3.63) is 51.2 Å². The maximum Gasteiger partial charge on any atom is 0.337 e. The molecule has 3 rings (SSSR count). The minimum absolute atomic E-state index is 0.275. The SMILES string of the molecule is Cc1ccc(NC(=O)NNC(=O)c2cc3c(s2)CCCC3)cc1. The number of urea groups is 1. The number of nitrogens with one attached hydrogen (secondary N) is 3. The van der Waals surface area contributed by atoms with Crippen molar-refractivity contribution in [1.29, 1.82) is 0 Å². The van der Waals surface area contributed by atoms with Crippen LogP contribution in [0, 0.1) is 6.92 Å². The number of hydrazine groups is 1. The summed E-state index contributed by atoms with van der Waals surface area (Å²) in [6, 6.07) is 8.90. The van der Waals surface area contributed by atoms with Gasteiger partial charge in [-0.05, 0) is 56.4 Å². The van der Waals surface area contributed by atoms with Gasteiger partial charge in [0.25, 0.3) is 5.91 Å². The third-order valence-corrected chi connectivity index (χ3v) is 5.06. The van der Waals surface area contributed by atoms with Crippen molar-refractivity contribution in [2.75, 3.05) is 5.32 Å². The molecule has 0 saturated heterocycles. The maximum atomic E-state index is 12.1. The lowest BCUT2D eigenvalue weighted by molar-refractivity contribution is 0.0942. The number of amides is 3. The van der Waals surface area contributed by atoms with Gasteiger partial charge in [-0.3, -0.25) is 10.2 Å². The normalized spacial score (nSPS) is 13.1. The van der Waals surface area contributed by atoms with Crippen molar-refractivity contribution in [3.8, 4) is 0 Å². The summed E-state index contributed by atoms with van der Waals surface area (Å²) in [6.07, 6.45) is 4.46. The van der Waals surface area contributed by atoms with Crippen molar-refractivity contribution in [1.82, 2.24) is 10.9 Å². The van der Waals surface area contributed by atoms with E-state index in [0.717, 1.165) is 18.4 Å². The zero-order chi connectivity index (χ0) is 16.2. The summed E-state index contributed by atoms with van der Waals surface area (Å²) in [6.45, 7) is 1.98. The molecule has 0 unspecified atom stereocenters. The van der Waals surface area contributed by atoms with Crippen LogP contribution in [0.2, 0.25) is 0 Å². The van der Waals surface area contributed by atoms with Crippen LogP contribution in [-0.4, -0.2) is 11.9 Å². The molecule has 1 aliphatic carbocycles. The molecule has 1 heterocycles.